The third-order valence-corrected chi connectivity index (χ3v) is 3.76. The molecule has 1 unspecified atom stereocenters. The molecule has 0 spiro atoms. The molecule has 2 heterocycles. The van der Waals surface area contributed by atoms with Crippen LogP contribution in [-0.2, 0) is 5.54 Å². The Labute approximate surface area is 99.4 Å². The summed E-state index contributed by atoms with van der Waals surface area (Å²) in [4.78, 5) is 0. The van der Waals surface area contributed by atoms with Gasteiger partial charge in [-0.1, -0.05) is 30.4 Å². The first-order chi connectivity index (χ1) is 7.78. The largest absolute Gasteiger partial charge is 0.372 e. The van der Waals surface area contributed by atoms with Crippen LogP contribution in [0.3, 0.4) is 0 Å². The molecule has 3 rings (SSSR count). The van der Waals surface area contributed by atoms with E-state index in [1.54, 1.807) is 11.3 Å². The quantitative estimate of drug-likeness (QED) is 0.773. The average molecular weight is 227 g/mol. The van der Waals surface area contributed by atoms with Crippen LogP contribution in [0.4, 0.5) is 5.69 Å². The van der Waals surface area contributed by atoms with Crippen LogP contribution in [0.25, 0.3) is 6.08 Å². The van der Waals surface area contributed by atoms with E-state index in [2.05, 4.69) is 65.5 Å². The number of nitrogens with one attached hydrogen (secondary N) is 1. The second-order valence-corrected chi connectivity index (χ2v) is 5.04. The monoisotopic (exact) mass is 227 g/mol. The fraction of sp³-hybridized carbons (Fsp3) is 0.143. The normalized spacial score (nSPS) is 22.6. The van der Waals surface area contributed by atoms with E-state index in [-0.39, 0.29) is 5.54 Å². The van der Waals surface area contributed by atoms with E-state index in [1.165, 1.54) is 16.8 Å². The first kappa shape index (κ1) is 9.67. The third kappa shape index (κ3) is 1.46. The van der Waals surface area contributed by atoms with Gasteiger partial charge in [-0.3, -0.25) is 0 Å². The standard InChI is InChI=1S/C14H13NS/c1-14(12-7-9-16-10-12)8-6-11-4-2-3-5-13(11)15-14/h2-10,15H,1H3. The third-order valence-electron chi connectivity index (χ3n) is 3.07. The van der Waals surface area contributed by atoms with Crippen molar-refractivity contribution >= 4 is 23.1 Å². The lowest BCUT2D eigenvalue weighted by atomic mass is 9.89. The summed E-state index contributed by atoms with van der Waals surface area (Å²) in [5.41, 5.74) is 3.71. The molecule has 0 saturated heterocycles. The van der Waals surface area contributed by atoms with Gasteiger partial charge in [0.2, 0.25) is 0 Å². The number of para-hydroxylation sites is 1. The molecule has 80 valence electrons. The van der Waals surface area contributed by atoms with Crippen LogP contribution < -0.4 is 5.32 Å². The number of hydrogen-bond acceptors (Lipinski definition) is 2. The molecule has 0 fully saturated rings. The van der Waals surface area contributed by atoms with Crippen molar-refractivity contribution in [1.29, 1.82) is 0 Å². The molecule has 2 heteroatoms. The maximum absolute atomic E-state index is 3.60. The van der Waals surface area contributed by atoms with Crippen molar-refractivity contribution in [3.63, 3.8) is 0 Å². The van der Waals surface area contributed by atoms with Crippen LogP contribution >= 0.6 is 11.3 Å². The summed E-state index contributed by atoms with van der Waals surface area (Å²) >= 11 is 1.74. The zero-order valence-electron chi connectivity index (χ0n) is 9.10. The predicted molar refractivity (Wildman–Crippen MR) is 70.8 cm³/mol. The molecule has 0 aliphatic carbocycles. The zero-order valence-corrected chi connectivity index (χ0v) is 9.92. The summed E-state index contributed by atoms with van der Waals surface area (Å²) in [5.74, 6) is 0. The SMILES string of the molecule is CC1(c2ccsc2)C=Cc2ccccc2N1. The molecule has 1 aromatic carbocycles. The first-order valence-corrected chi connectivity index (χ1v) is 6.31. The number of benzene rings is 1. The Hall–Kier alpha value is -1.54. The summed E-state index contributed by atoms with van der Waals surface area (Å²) in [5, 5.41) is 7.92. The Morgan fingerprint density at radius 2 is 2.06 bits per heavy atom. The van der Waals surface area contributed by atoms with Gasteiger partial charge in [0.1, 0.15) is 0 Å². The highest BCUT2D eigenvalue weighted by Gasteiger charge is 2.26. The van der Waals surface area contributed by atoms with Crippen LogP contribution in [0.2, 0.25) is 0 Å². The van der Waals surface area contributed by atoms with Gasteiger partial charge in [-0.05, 0) is 40.9 Å². The van der Waals surface area contributed by atoms with Crippen molar-refractivity contribution in [3.05, 3.63) is 58.3 Å². The van der Waals surface area contributed by atoms with Crippen molar-refractivity contribution in [2.75, 3.05) is 5.32 Å². The number of rotatable bonds is 1. The van der Waals surface area contributed by atoms with Crippen LogP contribution in [0.5, 0.6) is 0 Å². The van der Waals surface area contributed by atoms with Crippen LogP contribution in [0.15, 0.2) is 47.2 Å². The van der Waals surface area contributed by atoms with Gasteiger partial charge in [-0.15, -0.1) is 0 Å². The number of fused-ring (bicyclic) bond motifs is 1. The lowest BCUT2D eigenvalue weighted by molar-refractivity contribution is 0.691. The molecule has 1 atom stereocenters. The number of thiophene rings is 1. The summed E-state index contributed by atoms with van der Waals surface area (Å²) in [6.45, 7) is 2.21. The Morgan fingerprint density at radius 3 is 2.88 bits per heavy atom. The van der Waals surface area contributed by atoms with Gasteiger partial charge in [0.05, 0.1) is 5.54 Å². The first-order valence-electron chi connectivity index (χ1n) is 5.37. The summed E-state index contributed by atoms with van der Waals surface area (Å²) < 4.78 is 0. The van der Waals surface area contributed by atoms with Crippen LogP contribution in [0.1, 0.15) is 18.1 Å². The van der Waals surface area contributed by atoms with E-state index in [1.807, 2.05) is 0 Å². The fourth-order valence-electron chi connectivity index (χ4n) is 2.06. The molecule has 1 N–H and O–H groups in total. The minimum Gasteiger partial charge on any atom is -0.372 e. The predicted octanol–water partition coefficient (Wildman–Crippen LogP) is 4.10. The highest BCUT2D eigenvalue weighted by molar-refractivity contribution is 7.08. The molecule has 1 aromatic heterocycles. The van der Waals surface area contributed by atoms with E-state index >= 15 is 0 Å². The maximum atomic E-state index is 3.60. The molecule has 2 aromatic rings. The molecule has 1 aliphatic heterocycles. The van der Waals surface area contributed by atoms with Gasteiger partial charge >= 0.3 is 0 Å². The van der Waals surface area contributed by atoms with Gasteiger partial charge < -0.3 is 5.32 Å². The molecule has 1 aliphatic rings. The molecule has 16 heavy (non-hydrogen) atoms. The molecule has 0 radical (unpaired) electrons. The summed E-state index contributed by atoms with van der Waals surface area (Å²) in [6, 6.07) is 10.6. The van der Waals surface area contributed by atoms with Crippen LogP contribution in [-0.4, -0.2) is 0 Å². The Morgan fingerprint density at radius 1 is 1.19 bits per heavy atom. The molecular formula is C14H13NS. The fourth-order valence-corrected chi connectivity index (χ4v) is 2.84. The van der Waals surface area contributed by atoms with E-state index in [0.717, 1.165) is 0 Å². The highest BCUT2D eigenvalue weighted by atomic mass is 32.1. The molecular weight excluding hydrogens is 214 g/mol. The van der Waals surface area contributed by atoms with Gasteiger partial charge in [0, 0.05) is 5.69 Å². The lowest BCUT2D eigenvalue weighted by Gasteiger charge is -2.32. The van der Waals surface area contributed by atoms with E-state index in [9.17, 15) is 0 Å². The second kappa shape index (κ2) is 3.49. The average Bonchev–Trinajstić information content (AvgIpc) is 2.83. The van der Waals surface area contributed by atoms with Crippen molar-refractivity contribution in [3.8, 4) is 0 Å². The van der Waals surface area contributed by atoms with E-state index < -0.39 is 0 Å². The summed E-state index contributed by atoms with van der Waals surface area (Å²) in [6.07, 6.45) is 4.43. The van der Waals surface area contributed by atoms with Gasteiger partial charge in [0.25, 0.3) is 0 Å². The minimum atomic E-state index is -0.0750. The Kier molecular flexibility index (Phi) is 2.11. The van der Waals surface area contributed by atoms with E-state index in [4.69, 9.17) is 0 Å². The van der Waals surface area contributed by atoms with Crippen molar-refractivity contribution in [2.45, 2.75) is 12.5 Å². The molecule has 1 nitrogen and oxygen atoms in total. The molecule has 0 bridgehead atoms. The molecule has 0 amide bonds. The Bertz CT molecular complexity index is 527. The number of hydrogen-bond donors (Lipinski definition) is 1. The molecule has 0 saturated carbocycles. The van der Waals surface area contributed by atoms with Crippen molar-refractivity contribution < 1.29 is 0 Å². The van der Waals surface area contributed by atoms with Crippen molar-refractivity contribution in [2.24, 2.45) is 0 Å². The van der Waals surface area contributed by atoms with Crippen molar-refractivity contribution in [1.82, 2.24) is 0 Å². The second-order valence-electron chi connectivity index (χ2n) is 4.26. The minimum absolute atomic E-state index is 0.0750. The van der Waals surface area contributed by atoms with Gasteiger partial charge in [-0.2, -0.15) is 11.3 Å². The maximum Gasteiger partial charge on any atom is 0.0792 e. The van der Waals surface area contributed by atoms with Gasteiger partial charge in [-0.25, -0.2) is 0 Å². The highest BCUT2D eigenvalue weighted by Crippen LogP contribution is 2.35. The summed E-state index contributed by atoms with van der Waals surface area (Å²) in [7, 11) is 0. The lowest BCUT2D eigenvalue weighted by Crippen LogP contribution is -2.31. The van der Waals surface area contributed by atoms with E-state index in [0.29, 0.717) is 0 Å². The van der Waals surface area contributed by atoms with Gasteiger partial charge in [0.15, 0.2) is 0 Å². The zero-order chi connectivity index (χ0) is 11.0. The smallest absolute Gasteiger partial charge is 0.0792 e. The number of anilines is 1. The van der Waals surface area contributed by atoms with Crippen LogP contribution in [0, 0.1) is 0 Å². The Balaban J connectivity index is 2.05. The topological polar surface area (TPSA) is 12.0 Å².